The Morgan fingerprint density at radius 1 is 1.16 bits per heavy atom. The van der Waals surface area contributed by atoms with Gasteiger partial charge in [0.05, 0.1) is 30.5 Å². The molecule has 1 saturated heterocycles. The maximum Gasteiger partial charge on any atom is 0.333 e. The smallest absolute Gasteiger partial charge is 0.333 e. The second-order valence-corrected chi connectivity index (χ2v) is 9.60. The number of piperidine rings is 1. The van der Waals surface area contributed by atoms with E-state index in [0.717, 1.165) is 29.5 Å². The summed E-state index contributed by atoms with van der Waals surface area (Å²) < 4.78 is 3.34. The molecule has 4 aromatic rings. The summed E-state index contributed by atoms with van der Waals surface area (Å²) in [6.45, 7) is 3.16. The lowest BCUT2D eigenvalue weighted by Gasteiger charge is -2.17. The van der Waals surface area contributed by atoms with Gasteiger partial charge in [0.15, 0.2) is 17.0 Å². The second-order valence-electron chi connectivity index (χ2n) is 9.60. The number of fused-ring (bicyclic) bond motifs is 2. The molecule has 1 amide bonds. The quantitative estimate of drug-likeness (QED) is 0.379. The molecule has 14 nitrogen and oxygen atoms in total. The van der Waals surface area contributed by atoms with Crippen molar-refractivity contribution in [1.29, 1.82) is 5.26 Å². The Morgan fingerprint density at radius 3 is 2.61 bits per heavy atom. The first-order valence-electron chi connectivity index (χ1n) is 12.1. The van der Waals surface area contributed by atoms with Crippen molar-refractivity contribution in [2.45, 2.75) is 25.9 Å². The van der Waals surface area contributed by atoms with E-state index in [9.17, 15) is 14.4 Å². The van der Waals surface area contributed by atoms with Crippen LogP contribution in [0.25, 0.3) is 22.4 Å². The van der Waals surface area contributed by atoms with Crippen molar-refractivity contribution in [3.8, 4) is 17.3 Å². The predicted molar refractivity (Wildman–Crippen MR) is 135 cm³/mol. The number of hydrogen-bond acceptors (Lipinski definition) is 10. The molecule has 1 N–H and O–H groups in total. The number of nitrogens with one attached hydrogen (secondary N) is 1. The highest BCUT2D eigenvalue weighted by Crippen LogP contribution is 2.45. The molecule has 38 heavy (non-hydrogen) atoms. The van der Waals surface area contributed by atoms with Crippen LogP contribution >= 0.6 is 0 Å². The lowest BCUT2D eigenvalue weighted by molar-refractivity contribution is -0.118. The van der Waals surface area contributed by atoms with E-state index in [2.05, 4.69) is 35.1 Å². The number of hydrogen-bond donors (Lipinski definition) is 1. The zero-order valence-corrected chi connectivity index (χ0v) is 20.6. The maximum absolute atomic E-state index is 13.1. The minimum absolute atomic E-state index is 0.0392. The van der Waals surface area contributed by atoms with Crippen LogP contribution in [0.4, 0.5) is 11.8 Å². The number of imidazole rings is 1. The highest BCUT2D eigenvalue weighted by atomic mass is 16.2. The summed E-state index contributed by atoms with van der Waals surface area (Å²) >= 11 is 0. The van der Waals surface area contributed by atoms with Gasteiger partial charge in [0.2, 0.25) is 11.9 Å². The summed E-state index contributed by atoms with van der Waals surface area (Å²) in [5, 5.41) is 11.7. The Labute approximate surface area is 215 Å². The van der Waals surface area contributed by atoms with Crippen LogP contribution in [-0.4, -0.2) is 57.6 Å². The monoisotopic (exact) mass is 513 g/mol. The molecule has 1 aliphatic carbocycles. The van der Waals surface area contributed by atoms with Gasteiger partial charge in [0.1, 0.15) is 12.6 Å². The first-order chi connectivity index (χ1) is 18.4. The van der Waals surface area contributed by atoms with E-state index in [-0.39, 0.29) is 17.0 Å². The molecule has 4 aromatic heterocycles. The standard InChI is InChI=1S/C24H23N11O3/c1-13(35-12-29-20-19(35)22(37)34(4-3-25)24(38)32(20)2)21(36)31-18-9-26-8-17(30-18)16-6-27-23(28-7-16)33-10-14-5-15(14)11-33/h6-9,12-15H,4-5,10-11H2,1-2H3,(H,30,31,36). The average Bonchev–Trinajstić information content (AvgIpc) is 3.32. The number of carbonyl (C=O) groups excluding carboxylic acids is 1. The van der Waals surface area contributed by atoms with E-state index in [4.69, 9.17) is 5.26 Å². The van der Waals surface area contributed by atoms with Gasteiger partial charge in [0.25, 0.3) is 5.56 Å². The van der Waals surface area contributed by atoms with Gasteiger partial charge in [-0.3, -0.25) is 19.1 Å². The zero-order valence-electron chi connectivity index (χ0n) is 20.6. The second kappa shape index (κ2) is 8.87. The number of amides is 1. The Morgan fingerprint density at radius 2 is 1.89 bits per heavy atom. The van der Waals surface area contributed by atoms with Crippen molar-refractivity contribution in [3.05, 3.63) is 52.0 Å². The largest absolute Gasteiger partial charge is 0.340 e. The van der Waals surface area contributed by atoms with Crippen molar-refractivity contribution in [2.24, 2.45) is 18.9 Å². The normalized spacial score (nSPS) is 18.7. The number of carbonyl (C=O) groups is 1. The highest BCUT2D eigenvalue weighted by molar-refractivity contribution is 5.93. The van der Waals surface area contributed by atoms with E-state index in [1.165, 1.54) is 35.1 Å². The molecule has 0 radical (unpaired) electrons. The van der Waals surface area contributed by atoms with E-state index < -0.39 is 29.7 Å². The Hall–Kier alpha value is -4.93. The molecule has 0 spiro atoms. The molecule has 0 aromatic carbocycles. The van der Waals surface area contributed by atoms with Crippen LogP contribution in [-0.2, 0) is 18.4 Å². The molecular weight excluding hydrogens is 490 g/mol. The molecule has 6 rings (SSSR count). The van der Waals surface area contributed by atoms with Gasteiger partial charge in [-0.25, -0.2) is 29.3 Å². The Balaban J connectivity index is 1.23. The van der Waals surface area contributed by atoms with Gasteiger partial charge in [-0.05, 0) is 25.2 Å². The molecule has 2 aliphatic rings. The number of rotatable bonds is 6. The summed E-state index contributed by atoms with van der Waals surface area (Å²) in [6, 6.07) is 0.919. The molecule has 3 atom stereocenters. The van der Waals surface area contributed by atoms with Gasteiger partial charge < -0.3 is 14.8 Å². The fourth-order valence-corrected chi connectivity index (χ4v) is 4.89. The van der Waals surface area contributed by atoms with Crippen molar-refractivity contribution >= 4 is 28.8 Å². The minimum atomic E-state index is -0.888. The number of nitrogens with zero attached hydrogens (tertiary/aromatic N) is 10. The van der Waals surface area contributed by atoms with Crippen LogP contribution in [0.15, 0.2) is 40.7 Å². The third kappa shape index (κ3) is 3.88. The van der Waals surface area contributed by atoms with E-state index in [1.54, 1.807) is 25.5 Å². The number of aromatic nitrogens is 8. The van der Waals surface area contributed by atoms with Gasteiger partial charge in [-0.2, -0.15) is 5.26 Å². The van der Waals surface area contributed by atoms with Crippen LogP contribution in [0.2, 0.25) is 0 Å². The number of nitriles is 1. The lowest BCUT2D eigenvalue weighted by atomic mass is 10.2. The summed E-state index contributed by atoms with van der Waals surface area (Å²) in [5.74, 6) is 1.98. The summed E-state index contributed by atoms with van der Waals surface area (Å²) in [6.07, 6.45) is 8.98. The molecule has 14 heteroatoms. The van der Waals surface area contributed by atoms with Crippen LogP contribution < -0.4 is 21.5 Å². The first kappa shape index (κ1) is 23.5. The van der Waals surface area contributed by atoms with Crippen molar-refractivity contribution in [1.82, 2.24) is 38.6 Å². The fraction of sp³-hybridized carbons (Fsp3) is 0.375. The Kier molecular flexibility index (Phi) is 5.48. The van der Waals surface area contributed by atoms with Crippen LogP contribution in [0.5, 0.6) is 0 Å². The molecule has 1 aliphatic heterocycles. The van der Waals surface area contributed by atoms with Gasteiger partial charge in [-0.15, -0.1) is 0 Å². The molecule has 1 saturated carbocycles. The highest BCUT2D eigenvalue weighted by Gasteiger charge is 2.45. The minimum Gasteiger partial charge on any atom is -0.340 e. The molecule has 2 fully saturated rings. The maximum atomic E-state index is 13.1. The molecule has 0 bridgehead atoms. The zero-order chi connectivity index (χ0) is 26.6. The lowest BCUT2D eigenvalue weighted by Crippen LogP contribution is -2.40. The molecule has 192 valence electrons. The van der Waals surface area contributed by atoms with Crippen LogP contribution in [0.1, 0.15) is 19.4 Å². The van der Waals surface area contributed by atoms with Crippen LogP contribution in [0.3, 0.4) is 0 Å². The average molecular weight is 514 g/mol. The van der Waals surface area contributed by atoms with Gasteiger partial charge >= 0.3 is 5.69 Å². The number of anilines is 2. The fourth-order valence-electron chi connectivity index (χ4n) is 4.89. The van der Waals surface area contributed by atoms with E-state index in [1.807, 2.05) is 6.07 Å². The van der Waals surface area contributed by atoms with Crippen LogP contribution in [0, 0.1) is 23.2 Å². The third-order valence-corrected chi connectivity index (χ3v) is 7.16. The Bertz CT molecular complexity index is 1720. The predicted octanol–water partition coefficient (Wildman–Crippen LogP) is 0.323. The van der Waals surface area contributed by atoms with Crippen molar-refractivity contribution < 1.29 is 4.79 Å². The van der Waals surface area contributed by atoms with Crippen molar-refractivity contribution in [2.75, 3.05) is 23.3 Å². The molecule has 5 heterocycles. The van der Waals surface area contributed by atoms with E-state index >= 15 is 0 Å². The third-order valence-electron chi connectivity index (χ3n) is 7.16. The van der Waals surface area contributed by atoms with Crippen molar-refractivity contribution in [3.63, 3.8) is 0 Å². The first-order valence-corrected chi connectivity index (χ1v) is 12.1. The van der Waals surface area contributed by atoms with E-state index in [0.29, 0.717) is 17.2 Å². The molecular formula is C24H23N11O3. The summed E-state index contributed by atoms with van der Waals surface area (Å²) in [4.78, 5) is 62.5. The topological polar surface area (TPSA) is 170 Å². The summed E-state index contributed by atoms with van der Waals surface area (Å²) in [5.41, 5.74) is -0.0454. The van der Waals surface area contributed by atoms with Gasteiger partial charge in [-0.1, -0.05) is 0 Å². The SMILES string of the molecule is CC(C(=O)Nc1cncc(-c2cnc(N3CC4CC4C3)nc2)n1)n1cnc2c1c(=O)n(CC#N)c(=O)n2C. The summed E-state index contributed by atoms with van der Waals surface area (Å²) in [7, 11) is 1.45. The van der Waals surface area contributed by atoms with Gasteiger partial charge in [0, 0.05) is 38.1 Å². The number of aryl methyl sites for hydroxylation is 1. The molecule has 3 unspecified atom stereocenters.